The minimum absolute atomic E-state index is 0.789. The number of nitrogens with two attached hydrogens (primary N) is 2. The topological polar surface area (TPSA) is 127 Å². The van der Waals surface area contributed by atoms with Crippen LogP contribution in [0.1, 0.15) is 6.42 Å². The highest BCUT2D eigenvalue weighted by molar-refractivity contribution is 5.85. The molecule has 6 nitrogen and oxygen atoms in total. The van der Waals surface area contributed by atoms with Gasteiger partial charge in [0.05, 0.1) is 6.42 Å². The summed E-state index contributed by atoms with van der Waals surface area (Å²) in [6, 6.07) is 0. The summed E-state index contributed by atoms with van der Waals surface area (Å²) >= 11 is 0. The molecule has 58 valence electrons. The summed E-state index contributed by atoms with van der Waals surface area (Å²) < 4.78 is 0. The van der Waals surface area contributed by atoms with Crippen molar-refractivity contribution in [1.29, 1.82) is 0 Å². The van der Waals surface area contributed by atoms with Gasteiger partial charge in [0.15, 0.2) is 0 Å². The van der Waals surface area contributed by atoms with E-state index in [0.717, 1.165) is 0 Å². The maximum atomic E-state index is 10.0. The summed E-state index contributed by atoms with van der Waals surface area (Å²) in [6.07, 6.45) is -0.789. The van der Waals surface area contributed by atoms with E-state index in [4.69, 9.17) is 15.9 Å². The number of carbonyl (C=O) groups is 2. The van der Waals surface area contributed by atoms with Crippen molar-refractivity contribution < 1.29 is 19.8 Å². The van der Waals surface area contributed by atoms with Gasteiger partial charge >= 0.3 is 5.97 Å². The molecule has 0 aliphatic rings. The van der Waals surface area contributed by atoms with Gasteiger partial charge in [-0.1, -0.05) is 0 Å². The molecule has 0 heterocycles. The Balaban J connectivity index is 4.13. The first-order valence-electron chi connectivity index (χ1n) is 2.39. The summed E-state index contributed by atoms with van der Waals surface area (Å²) in [5.74, 6) is -2.64. The molecular weight excluding hydrogens is 140 g/mol. The highest BCUT2D eigenvalue weighted by atomic mass is 16.4. The number of aliphatic hydroxyl groups is 1. The maximum Gasteiger partial charge on any atom is 0.351 e. The summed E-state index contributed by atoms with van der Waals surface area (Å²) in [5, 5.41) is 16.7. The van der Waals surface area contributed by atoms with Crippen LogP contribution in [-0.4, -0.2) is 27.8 Å². The number of amides is 1. The molecule has 6 heteroatoms. The fourth-order valence-electron chi connectivity index (χ4n) is 0.341. The van der Waals surface area contributed by atoms with Crippen LogP contribution in [0, 0.1) is 0 Å². The molecule has 0 aromatic carbocycles. The molecule has 10 heavy (non-hydrogen) atoms. The molecule has 0 aliphatic carbocycles. The highest BCUT2D eigenvalue weighted by Gasteiger charge is 2.32. The Morgan fingerprint density at radius 3 is 2.00 bits per heavy atom. The Morgan fingerprint density at radius 1 is 1.50 bits per heavy atom. The lowest BCUT2D eigenvalue weighted by Gasteiger charge is -2.14. The molecule has 0 aromatic heterocycles. The largest absolute Gasteiger partial charge is 0.478 e. The Hall–Kier alpha value is -1.14. The van der Waals surface area contributed by atoms with E-state index in [1.54, 1.807) is 0 Å². The van der Waals surface area contributed by atoms with Gasteiger partial charge in [0.2, 0.25) is 11.6 Å². The summed E-state index contributed by atoms with van der Waals surface area (Å²) in [7, 11) is 0. The van der Waals surface area contributed by atoms with Crippen molar-refractivity contribution in [2.45, 2.75) is 12.1 Å². The van der Waals surface area contributed by atoms with Crippen LogP contribution < -0.4 is 11.5 Å². The monoisotopic (exact) mass is 148 g/mol. The average Bonchev–Trinajstić information content (AvgIpc) is 1.60. The fourth-order valence-corrected chi connectivity index (χ4v) is 0.341. The number of rotatable bonds is 3. The zero-order valence-corrected chi connectivity index (χ0v) is 5.07. The van der Waals surface area contributed by atoms with Gasteiger partial charge in [0.25, 0.3) is 0 Å². The van der Waals surface area contributed by atoms with Crippen LogP contribution in [0.2, 0.25) is 0 Å². The number of aliphatic carboxylic acids is 1. The van der Waals surface area contributed by atoms with E-state index < -0.39 is 24.0 Å². The lowest BCUT2D eigenvalue weighted by Crippen LogP contribution is -2.50. The Kier molecular flexibility index (Phi) is 2.33. The van der Waals surface area contributed by atoms with Crippen molar-refractivity contribution >= 4 is 11.9 Å². The second-order valence-corrected chi connectivity index (χ2v) is 1.87. The molecule has 1 unspecified atom stereocenters. The molecule has 0 aliphatic heterocycles. The van der Waals surface area contributed by atoms with Crippen LogP contribution >= 0.6 is 0 Å². The van der Waals surface area contributed by atoms with Gasteiger partial charge in [-0.05, 0) is 0 Å². The molecular formula is C4H8N2O4. The van der Waals surface area contributed by atoms with Crippen molar-refractivity contribution in [3.63, 3.8) is 0 Å². The number of carbonyl (C=O) groups excluding carboxylic acids is 1. The second kappa shape index (κ2) is 2.63. The van der Waals surface area contributed by atoms with Gasteiger partial charge in [-0.15, -0.1) is 0 Å². The van der Waals surface area contributed by atoms with Gasteiger partial charge in [-0.25, -0.2) is 4.79 Å². The van der Waals surface area contributed by atoms with E-state index in [0.29, 0.717) is 0 Å². The number of carboxylic acids is 1. The average molecular weight is 148 g/mol. The maximum absolute atomic E-state index is 10.0. The van der Waals surface area contributed by atoms with E-state index in [-0.39, 0.29) is 0 Å². The summed E-state index contributed by atoms with van der Waals surface area (Å²) in [5.41, 5.74) is 6.75. The predicted molar refractivity (Wildman–Crippen MR) is 30.6 cm³/mol. The molecule has 0 spiro atoms. The molecule has 0 radical (unpaired) electrons. The van der Waals surface area contributed by atoms with Crippen LogP contribution in [0.4, 0.5) is 0 Å². The van der Waals surface area contributed by atoms with Crippen molar-refractivity contribution in [2.75, 3.05) is 0 Å². The van der Waals surface area contributed by atoms with E-state index in [9.17, 15) is 9.59 Å². The van der Waals surface area contributed by atoms with Gasteiger partial charge in [-0.3, -0.25) is 10.5 Å². The fraction of sp³-hybridized carbons (Fsp3) is 0.500. The molecule has 0 saturated carbocycles. The number of hydrogen-bond acceptors (Lipinski definition) is 4. The third-order valence-electron chi connectivity index (χ3n) is 0.814. The SMILES string of the molecule is NC(=O)CC(N)(O)C(=O)O. The first-order chi connectivity index (χ1) is 4.36. The summed E-state index contributed by atoms with van der Waals surface area (Å²) in [6.45, 7) is 0. The molecule has 1 amide bonds. The van der Waals surface area contributed by atoms with E-state index in [1.165, 1.54) is 0 Å². The number of carboxylic acid groups (broad SMARTS) is 1. The molecule has 0 rings (SSSR count). The normalized spacial score (nSPS) is 15.8. The standard InChI is InChI=1S/C4H8N2O4/c5-2(7)1-4(6,10)3(8)9/h10H,1,6H2,(H2,5,7)(H,8,9). The number of hydrogen-bond donors (Lipinski definition) is 4. The second-order valence-electron chi connectivity index (χ2n) is 1.87. The van der Waals surface area contributed by atoms with Crippen LogP contribution in [0.3, 0.4) is 0 Å². The van der Waals surface area contributed by atoms with Crippen LogP contribution in [0.15, 0.2) is 0 Å². The zero-order chi connectivity index (χ0) is 8.36. The zero-order valence-electron chi connectivity index (χ0n) is 5.07. The first-order valence-corrected chi connectivity index (χ1v) is 2.39. The van der Waals surface area contributed by atoms with Crippen molar-refractivity contribution in [3.8, 4) is 0 Å². The molecule has 0 aromatic rings. The van der Waals surface area contributed by atoms with Crippen molar-refractivity contribution in [3.05, 3.63) is 0 Å². The quantitative estimate of drug-likeness (QED) is 0.331. The minimum atomic E-state index is -2.54. The molecule has 0 bridgehead atoms. The van der Waals surface area contributed by atoms with Gasteiger partial charge < -0.3 is 15.9 Å². The molecule has 6 N–H and O–H groups in total. The molecule has 0 fully saturated rings. The third kappa shape index (κ3) is 2.42. The van der Waals surface area contributed by atoms with Crippen molar-refractivity contribution in [1.82, 2.24) is 0 Å². The first kappa shape index (κ1) is 8.86. The highest BCUT2D eigenvalue weighted by Crippen LogP contribution is 1.99. The Labute approximate surface area is 56.4 Å². The van der Waals surface area contributed by atoms with E-state index in [2.05, 4.69) is 5.73 Å². The van der Waals surface area contributed by atoms with E-state index in [1.807, 2.05) is 0 Å². The van der Waals surface area contributed by atoms with Crippen molar-refractivity contribution in [2.24, 2.45) is 11.5 Å². The number of primary amides is 1. The van der Waals surface area contributed by atoms with Crippen LogP contribution in [0.5, 0.6) is 0 Å². The smallest absolute Gasteiger partial charge is 0.351 e. The van der Waals surface area contributed by atoms with Gasteiger partial charge in [0.1, 0.15) is 0 Å². The summed E-state index contributed by atoms with van der Waals surface area (Å²) in [4.78, 5) is 20.0. The van der Waals surface area contributed by atoms with Crippen LogP contribution in [-0.2, 0) is 9.59 Å². The lowest BCUT2D eigenvalue weighted by atomic mass is 10.1. The third-order valence-corrected chi connectivity index (χ3v) is 0.814. The minimum Gasteiger partial charge on any atom is -0.478 e. The van der Waals surface area contributed by atoms with Gasteiger partial charge in [0, 0.05) is 0 Å². The Bertz CT molecular complexity index is 165. The predicted octanol–water partition coefficient (Wildman–Crippen LogP) is -2.41. The molecule has 1 atom stereocenters. The van der Waals surface area contributed by atoms with Crippen LogP contribution in [0.25, 0.3) is 0 Å². The van der Waals surface area contributed by atoms with Gasteiger partial charge in [-0.2, -0.15) is 0 Å². The lowest BCUT2D eigenvalue weighted by molar-refractivity contribution is -0.160. The van der Waals surface area contributed by atoms with E-state index >= 15 is 0 Å². The Morgan fingerprint density at radius 2 is 1.90 bits per heavy atom. The molecule has 0 saturated heterocycles.